The molecule has 3 aromatic carbocycles. The fraction of sp³-hybridized carbons (Fsp3) is 0.125. The number of rotatable bonds is 8. The van der Waals surface area contributed by atoms with Gasteiger partial charge in [-0.3, -0.25) is 4.40 Å². The topological polar surface area (TPSA) is 87.0 Å². The van der Waals surface area contributed by atoms with E-state index in [4.69, 9.17) is 15.0 Å². The fourth-order valence-corrected chi connectivity index (χ4v) is 5.82. The van der Waals surface area contributed by atoms with E-state index < -0.39 is 0 Å². The Balaban J connectivity index is 1.26. The summed E-state index contributed by atoms with van der Waals surface area (Å²) in [6.07, 6.45) is 4.59. The van der Waals surface area contributed by atoms with Gasteiger partial charge in [-0.15, -0.1) is 11.3 Å². The number of benzene rings is 3. The van der Waals surface area contributed by atoms with Crippen molar-refractivity contribution in [2.75, 3.05) is 19.4 Å². The summed E-state index contributed by atoms with van der Waals surface area (Å²) in [5.74, 6) is 1.48. The molecule has 0 saturated heterocycles. The molecule has 41 heavy (non-hydrogen) atoms. The molecule has 0 aliphatic rings. The van der Waals surface area contributed by atoms with E-state index in [2.05, 4.69) is 93.3 Å². The summed E-state index contributed by atoms with van der Waals surface area (Å²) in [5, 5.41) is 5.48. The molecule has 7 rings (SSSR count). The Labute approximate surface area is 241 Å². The second-order valence-corrected chi connectivity index (χ2v) is 11.1. The van der Waals surface area contributed by atoms with Crippen LogP contribution in [-0.4, -0.2) is 48.3 Å². The second-order valence-electron chi connectivity index (χ2n) is 10.2. The van der Waals surface area contributed by atoms with E-state index >= 15 is 0 Å². The zero-order valence-electron chi connectivity index (χ0n) is 22.7. The van der Waals surface area contributed by atoms with Gasteiger partial charge >= 0.3 is 0 Å². The second kappa shape index (κ2) is 10.6. The fourth-order valence-electron chi connectivity index (χ4n) is 5.11. The van der Waals surface area contributed by atoms with E-state index in [9.17, 15) is 0 Å². The van der Waals surface area contributed by atoms with Gasteiger partial charge in [0.1, 0.15) is 11.5 Å². The molecule has 9 heteroatoms. The van der Waals surface area contributed by atoms with Gasteiger partial charge in [0.15, 0.2) is 4.96 Å². The number of para-hydroxylation sites is 1. The van der Waals surface area contributed by atoms with Gasteiger partial charge in [0.05, 0.1) is 22.4 Å². The Bertz CT molecular complexity index is 1970. The first kappa shape index (κ1) is 25.1. The highest BCUT2D eigenvalue weighted by atomic mass is 32.1. The summed E-state index contributed by atoms with van der Waals surface area (Å²) in [5.41, 5.74) is 8.91. The van der Waals surface area contributed by atoms with Crippen LogP contribution in [0.1, 0.15) is 17.0 Å². The first-order valence-electron chi connectivity index (χ1n) is 13.4. The molecule has 0 aliphatic carbocycles. The van der Waals surface area contributed by atoms with Gasteiger partial charge in [0, 0.05) is 42.0 Å². The maximum atomic E-state index is 5.02. The van der Waals surface area contributed by atoms with Gasteiger partial charge in [-0.05, 0) is 49.5 Å². The summed E-state index contributed by atoms with van der Waals surface area (Å²) < 4.78 is 2.10. The molecule has 0 spiro atoms. The zero-order valence-corrected chi connectivity index (χ0v) is 23.6. The predicted molar refractivity (Wildman–Crippen MR) is 166 cm³/mol. The molecule has 2 N–H and O–H groups in total. The van der Waals surface area contributed by atoms with Crippen molar-refractivity contribution in [2.45, 2.75) is 13.0 Å². The van der Waals surface area contributed by atoms with Crippen LogP contribution in [-0.2, 0) is 13.0 Å². The Kier molecular flexibility index (Phi) is 6.50. The molecule has 0 amide bonds. The van der Waals surface area contributed by atoms with Crippen molar-refractivity contribution >= 4 is 39.0 Å². The minimum Gasteiger partial charge on any atom is -0.342 e. The Morgan fingerprint density at radius 3 is 2.66 bits per heavy atom. The molecule has 0 saturated carbocycles. The van der Waals surface area contributed by atoms with Crippen molar-refractivity contribution < 1.29 is 0 Å². The van der Waals surface area contributed by atoms with Crippen molar-refractivity contribution in [1.82, 2.24) is 34.2 Å². The molecule has 4 heterocycles. The van der Waals surface area contributed by atoms with Crippen molar-refractivity contribution in [2.24, 2.45) is 0 Å². The van der Waals surface area contributed by atoms with E-state index in [1.54, 1.807) is 17.5 Å². The summed E-state index contributed by atoms with van der Waals surface area (Å²) in [6.45, 7) is 0.814. The standard InChI is InChI=1S/C32H28N8S/c1-39(2)20-23-10-6-7-11-24(23)36-31-33-15-14-26(37-31)30-29(38-32-40(30)16-17-41-32)22-12-13-25-27(19-22)35-28(34-25)18-21-8-4-3-5-9-21/h3-17,19H,18,20H2,1-2H3,(H,34,35)(H,33,36,37). The molecule has 0 radical (unpaired) electrons. The zero-order chi connectivity index (χ0) is 27.8. The third-order valence-electron chi connectivity index (χ3n) is 6.93. The lowest BCUT2D eigenvalue weighted by atomic mass is 10.1. The normalized spacial score (nSPS) is 11.6. The maximum absolute atomic E-state index is 5.02. The van der Waals surface area contributed by atoms with E-state index in [-0.39, 0.29) is 0 Å². The van der Waals surface area contributed by atoms with E-state index in [1.165, 1.54) is 11.1 Å². The molecular formula is C32H28N8S. The third-order valence-corrected chi connectivity index (χ3v) is 7.69. The van der Waals surface area contributed by atoms with Gasteiger partial charge in [0.25, 0.3) is 0 Å². The van der Waals surface area contributed by atoms with Crippen LogP contribution in [0.15, 0.2) is 96.6 Å². The molecule has 0 aliphatic heterocycles. The minimum atomic E-state index is 0.541. The number of nitrogens with zero attached hydrogens (tertiary/aromatic N) is 6. The Morgan fingerprint density at radius 1 is 0.927 bits per heavy atom. The molecular weight excluding hydrogens is 528 g/mol. The molecule has 4 aromatic heterocycles. The minimum absolute atomic E-state index is 0.541. The highest BCUT2D eigenvalue weighted by Crippen LogP contribution is 2.35. The van der Waals surface area contributed by atoms with E-state index in [1.807, 2.05) is 35.8 Å². The van der Waals surface area contributed by atoms with Gasteiger partial charge in [-0.2, -0.15) is 0 Å². The number of imidazole rings is 2. The number of hydrogen-bond acceptors (Lipinski definition) is 7. The van der Waals surface area contributed by atoms with Crippen LogP contribution in [0.4, 0.5) is 11.6 Å². The summed E-state index contributed by atoms with van der Waals surface area (Å²) in [7, 11) is 4.12. The average Bonchev–Trinajstić information content (AvgIpc) is 3.68. The molecule has 8 nitrogen and oxygen atoms in total. The SMILES string of the molecule is CN(C)Cc1ccccc1Nc1nccc(-c2c(-c3ccc4nc(Cc5ccccc5)[nH]c4c3)nc3sccn23)n1. The van der Waals surface area contributed by atoms with Crippen LogP contribution in [0.5, 0.6) is 0 Å². The number of thiazole rings is 1. The van der Waals surface area contributed by atoms with Crippen LogP contribution in [0.3, 0.4) is 0 Å². The van der Waals surface area contributed by atoms with Crippen LogP contribution in [0.2, 0.25) is 0 Å². The van der Waals surface area contributed by atoms with Crippen LogP contribution >= 0.6 is 11.3 Å². The summed E-state index contributed by atoms with van der Waals surface area (Å²) in [4.78, 5) is 25.9. The van der Waals surface area contributed by atoms with E-state index in [0.29, 0.717) is 5.95 Å². The first-order chi connectivity index (χ1) is 20.1. The van der Waals surface area contributed by atoms with Gasteiger partial charge in [-0.1, -0.05) is 54.6 Å². The molecule has 0 atom stereocenters. The molecule has 0 unspecified atom stereocenters. The Hall–Kier alpha value is -4.86. The predicted octanol–water partition coefficient (Wildman–Crippen LogP) is 6.79. The maximum Gasteiger partial charge on any atom is 0.227 e. The molecule has 0 bridgehead atoms. The first-order valence-corrected chi connectivity index (χ1v) is 14.3. The van der Waals surface area contributed by atoms with Crippen molar-refractivity contribution in [3.05, 3.63) is 114 Å². The monoisotopic (exact) mass is 556 g/mol. The quantitative estimate of drug-likeness (QED) is 0.214. The van der Waals surface area contributed by atoms with E-state index in [0.717, 1.165) is 63.1 Å². The summed E-state index contributed by atoms with van der Waals surface area (Å²) >= 11 is 1.60. The summed E-state index contributed by atoms with van der Waals surface area (Å²) in [6, 6.07) is 26.8. The lowest BCUT2D eigenvalue weighted by Gasteiger charge is -2.15. The molecule has 7 aromatic rings. The van der Waals surface area contributed by atoms with Crippen LogP contribution in [0.25, 0.3) is 38.6 Å². The number of hydrogen-bond donors (Lipinski definition) is 2. The van der Waals surface area contributed by atoms with Crippen LogP contribution < -0.4 is 5.32 Å². The highest BCUT2D eigenvalue weighted by molar-refractivity contribution is 7.15. The highest BCUT2D eigenvalue weighted by Gasteiger charge is 2.19. The van der Waals surface area contributed by atoms with Gasteiger partial charge in [0.2, 0.25) is 5.95 Å². The lowest BCUT2D eigenvalue weighted by Crippen LogP contribution is -2.12. The van der Waals surface area contributed by atoms with Crippen molar-refractivity contribution in [3.63, 3.8) is 0 Å². The number of aromatic amines is 1. The number of fused-ring (bicyclic) bond motifs is 2. The smallest absolute Gasteiger partial charge is 0.227 e. The Morgan fingerprint density at radius 2 is 1.78 bits per heavy atom. The number of anilines is 2. The van der Waals surface area contributed by atoms with Crippen molar-refractivity contribution in [3.8, 4) is 22.6 Å². The average molecular weight is 557 g/mol. The lowest BCUT2D eigenvalue weighted by molar-refractivity contribution is 0.403. The molecule has 202 valence electrons. The number of aromatic nitrogens is 6. The third kappa shape index (κ3) is 5.08. The largest absolute Gasteiger partial charge is 0.342 e. The van der Waals surface area contributed by atoms with Crippen molar-refractivity contribution in [1.29, 1.82) is 0 Å². The number of H-pyrrole nitrogens is 1. The van der Waals surface area contributed by atoms with Crippen LogP contribution in [0, 0.1) is 0 Å². The molecule has 0 fully saturated rings. The number of nitrogens with one attached hydrogen (secondary N) is 2. The van der Waals surface area contributed by atoms with Gasteiger partial charge in [-0.25, -0.2) is 19.9 Å². The van der Waals surface area contributed by atoms with Gasteiger partial charge < -0.3 is 15.2 Å².